The summed E-state index contributed by atoms with van der Waals surface area (Å²) in [6.07, 6.45) is 4.71. The van der Waals surface area contributed by atoms with Gasteiger partial charge in [-0.2, -0.15) is 0 Å². The van der Waals surface area contributed by atoms with Gasteiger partial charge in [0.05, 0.1) is 52.9 Å². The van der Waals surface area contributed by atoms with Gasteiger partial charge >= 0.3 is 0 Å². The van der Waals surface area contributed by atoms with Gasteiger partial charge in [0.15, 0.2) is 11.6 Å². The Morgan fingerprint density at radius 2 is 0.459 bits per heavy atom. The second-order valence-corrected chi connectivity index (χ2v) is 14.7. The number of carbonyl (C=O) groups excluding carboxylic acids is 2. The van der Waals surface area contributed by atoms with Gasteiger partial charge in [-0.25, -0.2) is 0 Å². The van der Waals surface area contributed by atoms with Crippen LogP contribution in [0, 0.1) is 0 Å². The largest absolute Gasteiger partial charge is 0.494 e. The third kappa shape index (κ3) is 10.5. The Balaban J connectivity index is 1.61. The van der Waals surface area contributed by atoms with Gasteiger partial charge < -0.3 is 37.9 Å². The van der Waals surface area contributed by atoms with Crippen molar-refractivity contribution in [2.24, 2.45) is 0 Å². The molecule has 4 aromatic carbocycles. The van der Waals surface area contributed by atoms with Crippen molar-refractivity contribution in [1.29, 1.82) is 0 Å². The lowest BCUT2D eigenvalue weighted by Gasteiger charge is -2.21. The predicted octanol–water partition coefficient (Wildman–Crippen LogP) is 9.75. The number of allylic oxidation sites excluding steroid dienone is 4. The predicted molar refractivity (Wildman–Crippen MR) is 237 cm³/mol. The van der Waals surface area contributed by atoms with E-state index < -0.39 is 0 Å². The van der Waals surface area contributed by atoms with Crippen LogP contribution < -0.4 is 37.9 Å². The van der Waals surface area contributed by atoms with Gasteiger partial charge in [-0.15, -0.1) is 0 Å². The molecule has 11 aliphatic carbocycles. The van der Waals surface area contributed by atoms with E-state index in [1.165, 1.54) is 12.2 Å². The van der Waals surface area contributed by atoms with Crippen LogP contribution >= 0.6 is 0 Å². The summed E-state index contributed by atoms with van der Waals surface area (Å²) in [6, 6.07) is 16.1. The van der Waals surface area contributed by atoms with Gasteiger partial charge in [0.1, 0.15) is 46.0 Å². The molecule has 10 bridgehead atoms. The summed E-state index contributed by atoms with van der Waals surface area (Å²) in [6.45, 7) is 19.1. The molecule has 324 valence electrons. The Hall–Kier alpha value is -5.90. The van der Waals surface area contributed by atoms with Crippen molar-refractivity contribution in [2.45, 2.75) is 87.5 Å². The first-order valence-corrected chi connectivity index (χ1v) is 21.8. The molecule has 10 nitrogen and oxygen atoms in total. The van der Waals surface area contributed by atoms with Crippen LogP contribution in [-0.4, -0.2) is 64.4 Å². The lowest BCUT2D eigenvalue weighted by molar-refractivity contribution is -0.115. The van der Waals surface area contributed by atoms with Crippen LogP contribution in [-0.2, 0) is 41.7 Å². The summed E-state index contributed by atoms with van der Waals surface area (Å²) >= 11 is 0. The first-order valence-electron chi connectivity index (χ1n) is 21.8. The van der Waals surface area contributed by atoms with Crippen LogP contribution in [0.15, 0.2) is 71.8 Å². The summed E-state index contributed by atoms with van der Waals surface area (Å²) in [7, 11) is 0. The highest BCUT2D eigenvalue weighted by Gasteiger charge is 2.26. The minimum atomic E-state index is -0.230. The number of hydrogen-bond donors (Lipinski definition) is 0. The molecule has 0 spiro atoms. The fraction of sp³-hybridized carbons (Fsp3) is 0.412. The zero-order valence-electron chi connectivity index (χ0n) is 37.0. The van der Waals surface area contributed by atoms with Crippen LogP contribution in [0.2, 0.25) is 0 Å². The molecule has 0 unspecified atom stereocenters. The molecule has 0 saturated heterocycles. The monoisotopic (exact) mass is 832 g/mol. The summed E-state index contributed by atoms with van der Waals surface area (Å²) < 4.78 is 50.4. The van der Waals surface area contributed by atoms with E-state index in [0.29, 0.717) is 106 Å². The standard InChI is InChI=1S/C51H60O10/c1-9-54-44-26-36-19-38-28-50(60-15-7)40(30-48(38)58-13-5)21-41-31-49(59-14-6)39(29-51(41)61-16-8)20-37-27-45(55-10-2)35(25-47(37)57-12-4)18-33-23-42(52)32(22-43(33)53)17-34(44)24-46(36)56-11-3/h22-31H,9-21H2,1-8H3. The Morgan fingerprint density at radius 1 is 0.295 bits per heavy atom. The molecule has 0 aliphatic heterocycles. The summed E-state index contributed by atoms with van der Waals surface area (Å²) in [4.78, 5) is 27.7. The molecule has 0 N–H and O–H groups in total. The molecule has 0 amide bonds. The molecule has 15 rings (SSSR count). The molecule has 11 aliphatic rings. The van der Waals surface area contributed by atoms with Gasteiger partial charge in [-0.05, 0) is 116 Å². The van der Waals surface area contributed by atoms with E-state index in [9.17, 15) is 9.59 Å². The van der Waals surface area contributed by atoms with E-state index in [2.05, 4.69) is 24.3 Å². The number of hydrogen-bond acceptors (Lipinski definition) is 10. The lowest BCUT2D eigenvalue weighted by Crippen LogP contribution is -2.17. The Morgan fingerprint density at radius 3 is 0.623 bits per heavy atom. The SMILES string of the molecule is CCOc1cc2c(OCC)cc1CC1=CC(=O)C(=CC1=O)Cc1cc(OCC)c(cc1OCC)Cc1cc(OCC)c(cc1OCC)Cc1cc(OCC)c(cc1OCC)C2. The maximum absolute atomic E-state index is 13.9. The van der Waals surface area contributed by atoms with Crippen molar-refractivity contribution >= 4 is 11.6 Å². The highest BCUT2D eigenvalue weighted by Crippen LogP contribution is 2.41. The maximum atomic E-state index is 13.9. The van der Waals surface area contributed by atoms with Crippen molar-refractivity contribution in [2.75, 3.05) is 52.9 Å². The van der Waals surface area contributed by atoms with Crippen LogP contribution in [0.4, 0.5) is 0 Å². The highest BCUT2D eigenvalue weighted by atomic mass is 16.5. The smallest absolute Gasteiger partial charge is 0.182 e. The molecule has 0 aromatic heterocycles. The fourth-order valence-corrected chi connectivity index (χ4v) is 7.95. The second-order valence-electron chi connectivity index (χ2n) is 14.7. The molecular formula is C51H60O10. The van der Waals surface area contributed by atoms with Gasteiger partial charge in [0.25, 0.3) is 0 Å². The Labute approximate surface area is 360 Å². The van der Waals surface area contributed by atoms with Crippen molar-refractivity contribution in [3.05, 3.63) is 116 Å². The van der Waals surface area contributed by atoms with Crippen molar-refractivity contribution in [3.8, 4) is 46.0 Å². The first kappa shape index (κ1) is 44.6. The topological polar surface area (TPSA) is 108 Å². The molecule has 0 saturated carbocycles. The average molecular weight is 833 g/mol. The molecule has 0 atom stereocenters. The minimum absolute atomic E-state index is 0.192. The molecule has 4 aromatic rings. The quantitative estimate of drug-likeness (QED) is 0.101. The number of ketones is 2. The number of benzene rings is 4. The van der Waals surface area contributed by atoms with E-state index in [-0.39, 0.29) is 24.4 Å². The molecule has 0 radical (unpaired) electrons. The summed E-state index contributed by atoms with van der Waals surface area (Å²) in [5.41, 5.74) is 7.75. The van der Waals surface area contributed by atoms with Gasteiger partial charge in [0, 0.05) is 87.8 Å². The van der Waals surface area contributed by atoms with Crippen molar-refractivity contribution < 1.29 is 47.5 Å². The lowest BCUT2D eigenvalue weighted by atomic mass is 9.88. The Bertz CT molecular complexity index is 2120. The van der Waals surface area contributed by atoms with Crippen LogP contribution in [0.3, 0.4) is 0 Å². The molecular weight excluding hydrogens is 773 g/mol. The number of rotatable bonds is 16. The van der Waals surface area contributed by atoms with Crippen molar-refractivity contribution in [3.63, 3.8) is 0 Å². The fourth-order valence-electron chi connectivity index (χ4n) is 7.95. The maximum Gasteiger partial charge on any atom is 0.182 e. The van der Waals surface area contributed by atoms with Crippen LogP contribution in [0.25, 0.3) is 0 Å². The first-order chi connectivity index (χ1) is 29.7. The molecule has 10 heteroatoms. The van der Waals surface area contributed by atoms with E-state index in [1.807, 2.05) is 79.7 Å². The second kappa shape index (κ2) is 21.1. The van der Waals surface area contributed by atoms with E-state index in [4.69, 9.17) is 37.9 Å². The number of ether oxygens (including phenoxy) is 8. The van der Waals surface area contributed by atoms with Crippen molar-refractivity contribution in [1.82, 2.24) is 0 Å². The zero-order valence-corrected chi connectivity index (χ0v) is 37.0. The van der Waals surface area contributed by atoms with Gasteiger partial charge in [-0.1, -0.05) is 0 Å². The summed E-state index contributed by atoms with van der Waals surface area (Å²) in [5, 5.41) is 0. The third-order valence-electron chi connectivity index (χ3n) is 10.5. The highest BCUT2D eigenvalue weighted by molar-refractivity contribution is 6.20. The molecule has 61 heavy (non-hydrogen) atoms. The van der Waals surface area contributed by atoms with Crippen LogP contribution in [0.1, 0.15) is 99.9 Å². The van der Waals surface area contributed by atoms with Gasteiger partial charge in [-0.3, -0.25) is 9.59 Å². The van der Waals surface area contributed by atoms with E-state index in [1.54, 1.807) is 0 Å². The Kier molecular flexibility index (Phi) is 15.4. The van der Waals surface area contributed by atoms with Crippen LogP contribution in [0.5, 0.6) is 46.0 Å². The third-order valence-corrected chi connectivity index (χ3v) is 10.5. The van der Waals surface area contributed by atoms with Gasteiger partial charge in [0.2, 0.25) is 0 Å². The van der Waals surface area contributed by atoms with E-state index in [0.717, 1.165) is 67.5 Å². The normalized spacial score (nSPS) is 13.7. The van der Waals surface area contributed by atoms with E-state index >= 15 is 0 Å². The average Bonchev–Trinajstić information content (AvgIpc) is 3.22. The minimum Gasteiger partial charge on any atom is -0.494 e. The summed E-state index contributed by atoms with van der Waals surface area (Å²) in [5.74, 6) is 5.01. The molecule has 0 heterocycles. The molecule has 0 fully saturated rings. The number of carbonyl (C=O) groups is 2. The zero-order chi connectivity index (χ0) is 43.5.